The summed E-state index contributed by atoms with van der Waals surface area (Å²) in [6, 6.07) is 12.1. The lowest BCUT2D eigenvalue weighted by atomic mass is 9.88. The van der Waals surface area contributed by atoms with Crippen LogP contribution in [-0.4, -0.2) is 22.2 Å². The highest BCUT2D eigenvalue weighted by molar-refractivity contribution is 5.87. The van der Waals surface area contributed by atoms with Gasteiger partial charge in [-0.2, -0.15) is 0 Å². The van der Waals surface area contributed by atoms with Crippen molar-refractivity contribution in [2.24, 2.45) is 0 Å². The van der Waals surface area contributed by atoms with Crippen LogP contribution in [0.4, 0.5) is 0 Å². The Labute approximate surface area is 129 Å². The van der Waals surface area contributed by atoms with Crippen LogP contribution in [0.3, 0.4) is 0 Å². The smallest absolute Gasteiger partial charge is 0.335 e. The second-order valence-corrected chi connectivity index (χ2v) is 5.46. The zero-order chi connectivity index (χ0) is 16.3. The highest BCUT2D eigenvalue weighted by Crippen LogP contribution is 2.25. The highest BCUT2D eigenvalue weighted by Gasteiger charge is 2.22. The Bertz CT molecular complexity index is 702. The molecule has 1 atom stereocenters. The zero-order valence-corrected chi connectivity index (χ0v) is 12.5. The summed E-state index contributed by atoms with van der Waals surface area (Å²) < 4.78 is 0. The summed E-state index contributed by atoms with van der Waals surface area (Å²) in [5.74, 6) is -2.51. The number of hydrogen-bond acceptors (Lipinski definition) is 2. The van der Waals surface area contributed by atoms with Crippen molar-refractivity contribution in [2.75, 3.05) is 0 Å². The molecule has 2 aromatic rings. The summed E-state index contributed by atoms with van der Waals surface area (Å²) in [6.45, 7) is 3.88. The standard InChI is InChI=1S/C18H18O4/c1-11-3-8-15(12(2)9-11)16(18(21)22)10-13-4-6-14(7-5-13)17(19)20/h3-9,16H,10H2,1-2H3,(H,19,20)(H,21,22). The first-order valence-electron chi connectivity index (χ1n) is 7.00. The van der Waals surface area contributed by atoms with Gasteiger partial charge in [0.1, 0.15) is 0 Å². The molecular weight excluding hydrogens is 280 g/mol. The normalized spacial score (nSPS) is 11.9. The average Bonchev–Trinajstić information content (AvgIpc) is 2.45. The third-order valence-electron chi connectivity index (χ3n) is 3.74. The molecule has 0 aliphatic carbocycles. The Morgan fingerprint density at radius 2 is 1.64 bits per heavy atom. The van der Waals surface area contributed by atoms with Gasteiger partial charge in [-0.3, -0.25) is 4.79 Å². The number of aliphatic carboxylic acids is 1. The number of aromatic carboxylic acids is 1. The number of benzene rings is 2. The van der Waals surface area contributed by atoms with Gasteiger partial charge in [0.25, 0.3) is 0 Å². The van der Waals surface area contributed by atoms with Gasteiger partial charge in [-0.25, -0.2) is 4.79 Å². The molecular formula is C18H18O4. The van der Waals surface area contributed by atoms with Gasteiger partial charge >= 0.3 is 11.9 Å². The van der Waals surface area contributed by atoms with Crippen molar-refractivity contribution in [2.45, 2.75) is 26.2 Å². The molecule has 2 N–H and O–H groups in total. The molecule has 0 aliphatic heterocycles. The summed E-state index contributed by atoms with van der Waals surface area (Å²) in [5, 5.41) is 18.4. The fourth-order valence-corrected chi connectivity index (χ4v) is 2.57. The molecule has 4 heteroatoms. The van der Waals surface area contributed by atoms with Crippen molar-refractivity contribution in [3.05, 3.63) is 70.3 Å². The van der Waals surface area contributed by atoms with Gasteiger partial charge in [-0.05, 0) is 49.1 Å². The Kier molecular flexibility index (Phi) is 4.61. The molecule has 0 aromatic heterocycles. The predicted molar refractivity (Wildman–Crippen MR) is 83.4 cm³/mol. The molecule has 0 saturated carbocycles. The van der Waals surface area contributed by atoms with Crippen LogP contribution in [0.15, 0.2) is 42.5 Å². The molecule has 1 unspecified atom stereocenters. The molecule has 2 rings (SSSR count). The summed E-state index contributed by atoms with van der Waals surface area (Å²) in [6.07, 6.45) is 0.332. The van der Waals surface area contributed by atoms with Gasteiger partial charge in [-0.1, -0.05) is 35.9 Å². The third-order valence-corrected chi connectivity index (χ3v) is 3.74. The van der Waals surface area contributed by atoms with Crippen molar-refractivity contribution in [1.29, 1.82) is 0 Å². The Morgan fingerprint density at radius 1 is 1.00 bits per heavy atom. The van der Waals surface area contributed by atoms with E-state index in [0.717, 1.165) is 22.3 Å². The molecule has 4 nitrogen and oxygen atoms in total. The fourth-order valence-electron chi connectivity index (χ4n) is 2.57. The number of carbonyl (C=O) groups is 2. The van der Waals surface area contributed by atoms with Crippen LogP contribution in [0.5, 0.6) is 0 Å². The van der Waals surface area contributed by atoms with E-state index in [1.54, 1.807) is 12.1 Å². The van der Waals surface area contributed by atoms with E-state index in [9.17, 15) is 14.7 Å². The molecule has 0 bridgehead atoms. The lowest BCUT2D eigenvalue weighted by molar-refractivity contribution is -0.138. The second kappa shape index (κ2) is 6.43. The van der Waals surface area contributed by atoms with E-state index in [2.05, 4.69) is 0 Å². The van der Waals surface area contributed by atoms with Gasteiger partial charge in [-0.15, -0.1) is 0 Å². The summed E-state index contributed by atoms with van der Waals surface area (Å²) >= 11 is 0. The van der Waals surface area contributed by atoms with Crippen molar-refractivity contribution >= 4 is 11.9 Å². The molecule has 2 aromatic carbocycles. The van der Waals surface area contributed by atoms with E-state index in [0.29, 0.717) is 6.42 Å². The van der Waals surface area contributed by atoms with Gasteiger partial charge < -0.3 is 10.2 Å². The minimum Gasteiger partial charge on any atom is -0.481 e. The highest BCUT2D eigenvalue weighted by atomic mass is 16.4. The van der Waals surface area contributed by atoms with Crippen molar-refractivity contribution in [3.8, 4) is 0 Å². The van der Waals surface area contributed by atoms with Gasteiger partial charge in [0, 0.05) is 0 Å². The van der Waals surface area contributed by atoms with Crippen LogP contribution in [0.2, 0.25) is 0 Å². The quantitative estimate of drug-likeness (QED) is 0.887. The first-order chi connectivity index (χ1) is 10.4. The van der Waals surface area contributed by atoms with E-state index in [4.69, 9.17) is 5.11 Å². The molecule has 0 radical (unpaired) electrons. The fraction of sp³-hybridized carbons (Fsp3) is 0.222. The molecule has 22 heavy (non-hydrogen) atoms. The summed E-state index contributed by atoms with van der Waals surface area (Å²) in [4.78, 5) is 22.5. The van der Waals surface area contributed by atoms with Crippen LogP contribution >= 0.6 is 0 Å². The molecule has 0 heterocycles. The van der Waals surface area contributed by atoms with Gasteiger partial charge in [0.15, 0.2) is 0 Å². The summed E-state index contributed by atoms with van der Waals surface area (Å²) in [5.41, 5.74) is 3.84. The van der Waals surface area contributed by atoms with E-state index >= 15 is 0 Å². The number of hydrogen-bond donors (Lipinski definition) is 2. The number of carboxylic acids is 2. The van der Waals surface area contributed by atoms with Crippen molar-refractivity contribution < 1.29 is 19.8 Å². The minimum atomic E-state index is -0.990. The number of aryl methyl sites for hydroxylation is 2. The molecule has 0 saturated heterocycles. The predicted octanol–water partition coefficient (Wildman–Crippen LogP) is 3.41. The second-order valence-electron chi connectivity index (χ2n) is 5.46. The molecule has 0 fully saturated rings. The Hall–Kier alpha value is -2.62. The molecule has 0 aliphatic rings. The number of carboxylic acid groups (broad SMARTS) is 2. The molecule has 114 valence electrons. The van der Waals surface area contributed by atoms with Crippen LogP contribution in [-0.2, 0) is 11.2 Å². The Balaban J connectivity index is 2.29. The monoisotopic (exact) mass is 298 g/mol. The Morgan fingerprint density at radius 3 is 2.14 bits per heavy atom. The van der Waals surface area contributed by atoms with Gasteiger partial charge in [0.2, 0.25) is 0 Å². The third kappa shape index (κ3) is 3.52. The van der Waals surface area contributed by atoms with Crippen molar-refractivity contribution in [3.63, 3.8) is 0 Å². The van der Waals surface area contributed by atoms with E-state index in [1.165, 1.54) is 12.1 Å². The van der Waals surface area contributed by atoms with E-state index in [1.807, 2.05) is 32.0 Å². The maximum absolute atomic E-state index is 11.6. The van der Waals surface area contributed by atoms with Crippen LogP contribution < -0.4 is 0 Å². The first-order valence-corrected chi connectivity index (χ1v) is 7.00. The van der Waals surface area contributed by atoms with Crippen LogP contribution in [0, 0.1) is 13.8 Å². The maximum atomic E-state index is 11.6. The molecule has 0 spiro atoms. The molecule has 0 amide bonds. The maximum Gasteiger partial charge on any atom is 0.335 e. The SMILES string of the molecule is Cc1ccc(C(Cc2ccc(C(=O)O)cc2)C(=O)O)c(C)c1. The van der Waals surface area contributed by atoms with Gasteiger partial charge in [0.05, 0.1) is 11.5 Å². The first kappa shape index (κ1) is 15.8. The van der Waals surface area contributed by atoms with E-state index in [-0.39, 0.29) is 5.56 Å². The largest absolute Gasteiger partial charge is 0.481 e. The zero-order valence-electron chi connectivity index (χ0n) is 12.5. The van der Waals surface area contributed by atoms with Crippen molar-refractivity contribution in [1.82, 2.24) is 0 Å². The average molecular weight is 298 g/mol. The number of rotatable bonds is 5. The van der Waals surface area contributed by atoms with E-state index < -0.39 is 17.9 Å². The topological polar surface area (TPSA) is 74.6 Å². The lowest BCUT2D eigenvalue weighted by Gasteiger charge is -2.16. The lowest BCUT2D eigenvalue weighted by Crippen LogP contribution is -2.16. The van der Waals surface area contributed by atoms with Crippen LogP contribution in [0.1, 0.15) is 38.5 Å². The minimum absolute atomic E-state index is 0.196. The van der Waals surface area contributed by atoms with Crippen LogP contribution in [0.25, 0.3) is 0 Å². The summed E-state index contributed by atoms with van der Waals surface area (Å²) in [7, 11) is 0.